The molecule has 0 heterocycles. The van der Waals surface area contributed by atoms with Gasteiger partial charge in [0.2, 0.25) is 0 Å². The number of aliphatic carboxylic acids is 1. The molecule has 0 aliphatic heterocycles. The van der Waals surface area contributed by atoms with Crippen molar-refractivity contribution < 1.29 is 19.4 Å². The number of rotatable bonds is 5. The van der Waals surface area contributed by atoms with E-state index in [0.717, 1.165) is 6.08 Å². The number of amides is 1. The number of carbonyl (C=O) groups is 2. The number of para-hydroxylation sites is 3. The lowest BCUT2D eigenvalue weighted by molar-refractivity contribution is -0.131. The summed E-state index contributed by atoms with van der Waals surface area (Å²) in [5.74, 6) is -0.542. The molecule has 2 aromatic rings. The van der Waals surface area contributed by atoms with Crippen molar-refractivity contribution in [3.8, 4) is 11.5 Å². The minimum atomic E-state index is -1.17. The number of benzene rings is 2. The quantitative estimate of drug-likeness (QED) is 0.829. The third-order valence-corrected chi connectivity index (χ3v) is 2.80. The van der Waals surface area contributed by atoms with E-state index < -0.39 is 11.9 Å². The fraction of sp³-hybridized carbons (Fsp3) is 0.0588. The third-order valence-electron chi connectivity index (χ3n) is 2.80. The van der Waals surface area contributed by atoms with Crippen molar-refractivity contribution in [1.82, 2.24) is 0 Å². The predicted octanol–water partition coefficient (Wildman–Crippen LogP) is 3.45. The van der Waals surface area contributed by atoms with Crippen LogP contribution in [-0.4, -0.2) is 17.0 Å². The highest BCUT2D eigenvalue weighted by Crippen LogP contribution is 2.29. The Balaban J connectivity index is 2.18. The number of carbonyl (C=O) groups excluding carboxylic acids is 1. The minimum Gasteiger partial charge on any atom is -0.478 e. The second-order valence-electron chi connectivity index (χ2n) is 4.53. The van der Waals surface area contributed by atoms with Gasteiger partial charge in [0.15, 0.2) is 5.75 Å². The SMILES string of the molecule is CC(=CC(=O)O)C(=O)Nc1ccccc1Oc1ccccc1. The minimum absolute atomic E-state index is 0.0991. The van der Waals surface area contributed by atoms with Crippen molar-refractivity contribution in [3.05, 3.63) is 66.2 Å². The molecule has 0 atom stereocenters. The third kappa shape index (κ3) is 4.21. The highest BCUT2D eigenvalue weighted by atomic mass is 16.5. The fourth-order valence-corrected chi connectivity index (χ4v) is 1.75. The molecule has 0 saturated heterocycles. The molecule has 0 spiro atoms. The van der Waals surface area contributed by atoms with Gasteiger partial charge >= 0.3 is 5.97 Å². The van der Waals surface area contributed by atoms with Gasteiger partial charge in [-0.25, -0.2) is 4.79 Å². The Morgan fingerprint density at radius 3 is 2.36 bits per heavy atom. The van der Waals surface area contributed by atoms with E-state index in [9.17, 15) is 9.59 Å². The van der Waals surface area contributed by atoms with Gasteiger partial charge in [-0.3, -0.25) is 4.79 Å². The first-order valence-corrected chi connectivity index (χ1v) is 6.61. The molecule has 0 aromatic heterocycles. The first-order chi connectivity index (χ1) is 10.6. The molecule has 0 aliphatic rings. The number of hydrogen-bond donors (Lipinski definition) is 2. The fourth-order valence-electron chi connectivity index (χ4n) is 1.75. The van der Waals surface area contributed by atoms with Crippen molar-refractivity contribution in [3.63, 3.8) is 0 Å². The average molecular weight is 297 g/mol. The van der Waals surface area contributed by atoms with Gasteiger partial charge in [-0.2, -0.15) is 0 Å². The van der Waals surface area contributed by atoms with Crippen LogP contribution >= 0.6 is 0 Å². The van der Waals surface area contributed by atoms with E-state index in [-0.39, 0.29) is 5.57 Å². The van der Waals surface area contributed by atoms with E-state index in [4.69, 9.17) is 9.84 Å². The number of carboxylic acid groups (broad SMARTS) is 1. The van der Waals surface area contributed by atoms with E-state index in [2.05, 4.69) is 5.32 Å². The Labute approximate surface area is 127 Å². The van der Waals surface area contributed by atoms with Crippen molar-refractivity contribution in [1.29, 1.82) is 0 Å². The van der Waals surface area contributed by atoms with Crippen LogP contribution in [0.4, 0.5) is 5.69 Å². The molecule has 2 rings (SSSR count). The Kier molecular flexibility index (Phi) is 4.93. The molecule has 2 N–H and O–H groups in total. The highest BCUT2D eigenvalue weighted by Gasteiger charge is 2.10. The zero-order chi connectivity index (χ0) is 15.9. The molecule has 2 aromatic carbocycles. The van der Waals surface area contributed by atoms with Crippen molar-refractivity contribution in [2.24, 2.45) is 0 Å². The first-order valence-electron chi connectivity index (χ1n) is 6.61. The number of anilines is 1. The van der Waals surface area contributed by atoms with Gasteiger partial charge in [0, 0.05) is 11.6 Å². The lowest BCUT2D eigenvalue weighted by Gasteiger charge is -2.12. The second kappa shape index (κ2) is 7.08. The van der Waals surface area contributed by atoms with Crippen LogP contribution in [0.2, 0.25) is 0 Å². The molecule has 22 heavy (non-hydrogen) atoms. The van der Waals surface area contributed by atoms with Gasteiger partial charge in [0.1, 0.15) is 5.75 Å². The monoisotopic (exact) mass is 297 g/mol. The van der Waals surface area contributed by atoms with Gasteiger partial charge in [-0.05, 0) is 31.2 Å². The Morgan fingerprint density at radius 2 is 1.68 bits per heavy atom. The lowest BCUT2D eigenvalue weighted by atomic mass is 10.2. The zero-order valence-corrected chi connectivity index (χ0v) is 11.9. The van der Waals surface area contributed by atoms with E-state index in [1.54, 1.807) is 36.4 Å². The maximum Gasteiger partial charge on any atom is 0.328 e. The molecule has 0 fully saturated rings. The molecular weight excluding hydrogens is 282 g/mol. The van der Waals surface area contributed by atoms with Crippen LogP contribution < -0.4 is 10.1 Å². The van der Waals surface area contributed by atoms with Crippen LogP contribution in [0.15, 0.2) is 66.2 Å². The summed E-state index contributed by atoms with van der Waals surface area (Å²) in [4.78, 5) is 22.5. The van der Waals surface area contributed by atoms with Crippen LogP contribution in [0.3, 0.4) is 0 Å². The highest BCUT2D eigenvalue weighted by molar-refractivity contribution is 6.06. The molecular formula is C17H15NO4. The molecule has 0 unspecified atom stereocenters. The molecule has 0 saturated carbocycles. The number of hydrogen-bond acceptors (Lipinski definition) is 3. The maximum absolute atomic E-state index is 12.0. The maximum atomic E-state index is 12.0. The number of nitrogens with one attached hydrogen (secondary N) is 1. The van der Waals surface area contributed by atoms with E-state index >= 15 is 0 Å². The Hall–Kier alpha value is -3.08. The van der Waals surface area contributed by atoms with E-state index in [1.165, 1.54) is 6.92 Å². The lowest BCUT2D eigenvalue weighted by Crippen LogP contribution is -2.14. The Morgan fingerprint density at radius 1 is 1.05 bits per heavy atom. The standard InChI is InChI=1S/C17H15NO4/c1-12(11-16(19)20)17(21)18-14-9-5-6-10-15(14)22-13-7-3-2-4-8-13/h2-11H,1H3,(H,18,21)(H,19,20). The van der Waals surface area contributed by atoms with Gasteiger partial charge < -0.3 is 15.2 Å². The molecule has 0 bridgehead atoms. The molecule has 1 amide bonds. The molecule has 112 valence electrons. The average Bonchev–Trinajstić information content (AvgIpc) is 2.49. The topological polar surface area (TPSA) is 75.6 Å². The van der Waals surface area contributed by atoms with Crippen LogP contribution in [0, 0.1) is 0 Å². The molecule has 0 aliphatic carbocycles. The summed E-state index contributed by atoms with van der Waals surface area (Å²) in [6, 6.07) is 16.1. The molecule has 5 heteroatoms. The van der Waals surface area contributed by atoms with Gasteiger partial charge in [0.05, 0.1) is 5.69 Å². The van der Waals surface area contributed by atoms with Crippen LogP contribution in [0.5, 0.6) is 11.5 Å². The number of ether oxygens (including phenoxy) is 1. The van der Waals surface area contributed by atoms with E-state index in [0.29, 0.717) is 17.2 Å². The summed E-state index contributed by atoms with van der Waals surface area (Å²) in [5, 5.41) is 11.3. The summed E-state index contributed by atoms with van der Waals surface area (Å²) in [5.41, 5.74) is 0.566. The largest absolute Gasteiger partial charge is 0.478 e. The van der Waals surface area contributed by atoms with Crippen LogP contribution in [0.1, 0.15) is 6.92 Å². The van der Waals surface area contributed by atoms with Gasteiger partial charge in [-0.15, -0.1) is 0 Å². The second-order valence-corrected chi connectivity index (χ2v) is 4.53. The molecule has 5 nitrogen and oxygen atoms in total. The van der Waals surface area contributed by atoms with Crippen LogP contribution in [-0.2, 0) is 9.59 Å². The summed E-state index contributed by atoms with van der Waals surface area (Å²) in [7, 11) is 0. The summed E-state index contributed by atoms with van der Waals surface area (Å²) >= 11 is 0. The van der Waals surface area contributed by atoms with Crippen molar-refractivity contribution in [2.45, 2.75) is 6.92 Å². The summed E-state index contributed by atoms with van der Waals surface area (Å²) in [6.45, 7) is 1.43. The number of carboxylic acids is 1. The summed E-state index contributed by atoms with van der Waals surface area (Å²) in [6.07, 6.45) is 0.857. The van der Waals surface area contributed by atoms with Crippen LogP contribution in [0.25, 0.3) is 0 Å². The van der Waals surface area contributed by atoms with Gasteiger partial charge in [-0.1, -0.05) is 30.3 Å². The summed E-state index contributed by atoms with van der Waals surface area (Å²) < 4.78 is 5.72. The molecule has 0 radical (unpaired) electrons. The zero-order valence-electron chi connectivity index (χ0n) is 11.9. The van der Waals surface area contributed by atoms with Gasteiger partial charge in [0.25, 0.3) is 5.91 Å². The van der Waals surface area contributed by atoms with E-state index in [1.807, 2.05) is 18.2 Å². The first kappa shape index (κ1) is 15.3. The van der Waals surface area contributed by atoms with Crippen molar-refractivity contribution >= 4 is 17.6 Å². The Bertz CT molecular complexity index is 708. The predicted molar refractivity (Wildman–Crippen MR) is 83.0 cm³/mol. The van der Waals surface area contributed by atoms with Crippen molar-refractivity contribution in [2.75, 3.05) is 5.32 Å². The smallest absolute Gasteiger partial charge is 0.328 e. The normalized spacial score (nSPS) is 10.9.